The summed E-state index contributed by atoms with van der Waals surface area (Å²) in [5.41, 5.74) is 3.46. The Morgan fingerprint density at radius 3 is 1.89 bits per heavy atom. The Balaban J connectivity index is 1.36. The minimum Gasteiger partial charge on any atom is -0.333 e. The van der Waals surface area contributed by atoms with Crippen molar-refractivity contribution in [2.75, 3.05) is 0 Å². The Morgan fingerprint density at radius 1 is 0.857 bits per heavy atom. The topological polar surface area (TPSA) is 51.0 Å². The highest BCUT2D eigenvalue weighted by molar-refractivity contribution is 8.00. The van der Waals surface area contributed by atoms with Gasteiger partial charge in [0.25, 0.3) is 0 Å². The largest absolute Gasteiger partial charge is 0.333 e. The first kappa shape index (κ1) is 23.4. The molecule has 1 amide bonds. The molecule has 6 heteroatoms. The second kappa shape index (κ2) is 10.9. The van der Waals surface area contributed by atoms with Gasteiger partial charge in [-0.15, -0.1) is 10.2 Å². The van der Waals surface area contributed by atoms with Crippen molar-refractivity contribution >= 4 is 17.7 Å². The Bertz CT molecular complexity index is 1200. The number of hydrogen-bond acceptors (Lipinski definition) is 4. The van der Waals surface area contributed by atoms with Crippen LogP contribution in [0, 0.1) is 0 Å². The zero-order valence-electron chi connectivity index (χ0n) is 20.0. The van der Waals surface area contributed by atoms with Crippen LogP contribution in [0.1, 0.15) is 48.2 Å². The number of hydrogen-bond donors (Lipinski definition) is 0. The van der Waals surface area contributed by atoms with Gasteiger partial charge in [-0.05, 0) is 36.5 Å². The maximum atomic E-state index is 13.7. The lowest BCUT2D eigenvalue weighted by Crippen LogP contribution is -2.35. The molecule has 3 aromatic carbocycles. The van der Waals surface area contributed by atoms with Gasteiger partial charge in [-0.25, -0.2) is 0 Å². The second-order valence-electron chi connectivity index (χ2n) is 9.11. The van der Waals surface area contributed by atoms with Gasteiger partial charge in [0.1, 0.15) is 5.82 Å². The quantitative estimate of drug-likeness (QED) is 0.264. The molecular weight excluding hydrogens is 452 g/mol. The number of rotatable bonds is 10. The molecule has 178 valence electrons. The van der Waals surface area contributed by atoms with Gasteiger partial charge in [-0.1, -0.05) is 103 Å². The van der Waals surface area contributed by atoms with E-state index in [0.717, 1.165) is 41.5 Å². The maximum Gasteiger partial charge on any atom is 0.236 e. The van der Waals surface area contributed by atoms with Crippen LogP contribution in [0.15, 0.2) is 96.2 Å². The van der Waals surface area contributed by atoms with Crippen LogP contribution in [-0.4, -0.2) is 30.8 Å². The molecule has 0 aliphatic heterocycles. The molecule has 5 nitrogen and oxygen atoms in total. The molecule has 1 atom stereocenters. The highest BCUT2D eigenvalue weighted by atomic mass is 32.2. The Kier molecular flexibility index (Phi) is 7.28. The van der Waals surface area contributed by atoms with E-state index >= 15 is 0 Å². The van der Waals surface area contributed by atoms with E-state index in [4.69, 9.17) is 0 Å². The van der Waals surface area contributed by atoms with E-state index in [2.05, 4.69) is 63.3 Å². The third-order valence-electron chi connectivity index (χ3n) is 6.25. The number of nitrogens with zero attached hydrogens (tertiary/aromatic N) is 4. The first-order chi connectivity index (χ1) is 17.2. The van der Waals surface area contributed by atoms with E-state index in [1.165, 1.54) is 17.3 Å². The molecule has 4 aromatic rings. The number of aromatic nitrogens is 3. The lowest BCUT2D eigenvalue weighted by Gasteiger charge is -2.26. The average Bonchev–Trinajstić information content (AvgIpc) is 3.67. The van der Waals surface area contributed by atoms with Crippen molar-refractivity contribution in [3.63, 3.8) is 0 Å². The molecule has 1 aromatic heterocycles. The van der Waals surface area contributed by atoms with Crippen LogP contribution in [0.25, 0.3) is 0 Å². The van der Waals surface area contributed by atoms with Gasteiger partial charge in [-0.3, -0.25) is 4.79 Å². The molecule has 0 N–H and O–H groups in total. The Labute approximate surface area is 211 Å². The molecule has 1 heterocycles. The number of thioether (sulfide) groups is 1. The summed E-state index contributed by atoms with van der Waals surface area (Å²) in [5.74, 6) is 1.63. The highest BCUT2D eigenvalue weighted by Crippen LogP contribution is 2.40. The smallest absolute Gasteiger partial charge is 0.236 e. The fraction of sp³-hybridized carbons (Fsp3) is 0.276. The van der Waals surface area contributed by atoms with Crippen LogP contribution in [0.2, 0.25) is 0 Å². The predicted octanol–water partition coefficient (Wildman–Crippen LogP) is 5.91. The zero-order valence-corrected chi connectivity index (χ0v) is 20.8. The molecule has 1 unspecified atom stereocenters. The molecule has 5 rings (SSSR count). The van der Waals surface area contributed by atoms with Crippen molar-refractivity contribution in [1.82, 2.24) is 19.7 Å². The van der Waals surface area contributed by atoms with Crippen LogP contribution in [-0.2, 0) is 24.4 Å². The number of carbonyl (C=O) groups excluding carboxylic acids is 1. The Morgan fingerprint density at radius 2 is 1.37 bits per heavy atom. The van der Waals surface area contributed by atoms with Crippen LogP contribution in [0.3, 0.4) is 0 Å². The average molecular weight is 483 g/mol. The predicted molar refractivity (Wildman–Crippen MR) is 140 cm³/mol. The van der Waals surface area contributed by atoms with Crippen LogP contribution < -0.4 is 0 Å². The van der Waals surface area contributed by atoms with E-state index in [9.17, 15) is 4.79 Å². The molecule has 0 radical (unpaired) electrons. The van der Waals surface area contributed by atoms with Crippen molar-refractivity contribution in [2.24, 2.45) is 0 Å². The van der Waals surface area contributed by atoms with Crippen LogP contribution in [0.5, 0.6) is 0 Å². The first-order valence-electron chi connectivity index (χ1n) is 12.2. The lowest BCUT2D eigenvalue weighted by atomic mass is 10.1. The first-order valence-corrected chi connectivity index (χ1v) is 13.1. The fourth-order valence-corrected chi connectivity index (χ4v) is 5.17. The highest BCUT2D eigenvalue weighted by Gasteiger charge is 2.32. The van der Waals surface area contributed by atoms with Gasteiger partial charge in [-0.2, -0.15) is 0 Å². The lowest BCUT2D eigenvalue weighted by molar-refractivity contribution is -0.131. The van der Waals surface area contributed by atoms with Crippen molar-refractivity contribution in [3.05, 3.63) is 114 Å². The third-order valence-corrected chi connectivity index (χ3v) is 7.31. The monoisotopic (exact) mass is 482 g/mol. The van der Waals surface area contributed by atoms with E-state index in [0.29, 0.717) is 19.0 Å². The molecule has 35 heavy (non-hydrogen) atoms. The van der Waals surface area contributed by atoms with E-state index < -0.39 is 0 Å². The minimum absolute atomic E-state index is 0.102. The molecular formula is C29H30N4OS. The molecule has 0 bridgehead atoms. The van der Waals surface area contributed by atoms with Gasteiger partial charge < -0.3 is 9.47 Å². The molecule has 0 saturated heterocycles. The SMILES string of the molecule is CC(Sc1nnc(C2CC2)n1Cc1ccccc1)C(=O)N(Cc1ccccc1)Cc1ccccc1. The standard InChI is InChI=1S/C29H30N4OS/c1-22(28(34)32(19-23-11-5-2-6-12-23)20-24-13-7-3-8-14-24)35-29-31-30-27(26-17-18-26)33(29)21-25-15-9-4-10-16-25/h2-16,22,26H,17-21H2,1H3. The van der Waals surface area contributed by atoms with E-state index in [1.54, 1.807) is 0 Å². The fourth-order valence-electron chi connectivity index (χ4n) is 4.23. The molecule has 1 fully saturated rings. The van der Waals surface area contributed by atoms with Gasteiger partial charge >= 0.3 is 0 Å². The number of amides is 1. The summed E-state index contributed by atoms with van der Waals surface area (Å²) in [6.07, 6.45) is 2.32. The second-order valence-corrected chi connectivity index (χ2v) is 10.4. The third kappa shape index (κ3) is 6.01. The summed E-state index contributed by atoms with van der Waals surface area (Å²) in [4.78, 5) is 15.7. The van der Waals surface area contributed by atoms with E-state index in [-0.39, 0.29) is 11.2 Å². The summed E-state index contributed by atoms with van der Waals surface area (Å²) in [5, 5.41) is 9.59. The summed E-state index contributed by atoms with van der Waals surface area (Å²) in [6, 6.07) is 30.8. The zero-order chi connectivity index (χ0) is 24.0. The number of carbonyl (C=O) groups is 1. The van der Waals surface area contributed by atoms with Crippen molar-refractivity contribution in [1.29, 1.82) is 0 Å². The number of benzene rings is 3. The molecule has 0 spiro atoms. The summed E-state index contributed by atoms with van der Waals surface area (Å²) in [6.45, 7) is 3.85. The summed E-state index contributed by atoms with van der Waals surface area (Å²) >= 11 is 1.51. The summed E-state index contributed by atoms with van der Waals surface area (Å²) in [7, 11) is 0. The van der Waals surface area contributed by atoms with Gasteiger partial charge in [0, 0.05) is 19.0 Å². The minimum atomic E-state index is -0.284. The molecule has 1 aliphatic carbocycles. The normalized spacial score (nSPS) is 14.0. The van der Waals surface area contributed by atoms with Crippen molar-refractivity contribution in [3.8, 4) is 0 Å². The molecule has 1 saturated carbocycles. The summed E-state index contributed by atoms with van der Waals surface area (Å²) < 4.78 is 2.21. The van der Waals surface area contributed by atoms with Crippen LogP contribution >= 0.6 is 11.8 Å². The van der Waals surface area contributed by atoms with Crippen LogP contribution in [0.4, 0.5) is 0 Å². The van der Waals surface area contributed by atoms with Gasteiger partial charge in [0.2, 0.25) is 5.91 Å². The molecule has 1 aliphatic rings. The van der Waals surface area contributed by atoms with Crippen molar-refractivity contribution < 1.29 is 4.79 Å². The van der Waals surface area contributed by atoms with Gasteiger partial charge in [0.15, 0.2) is 5.16 Å². The van der Waals surface area contributed by atoms with Gasteiger partial charge in [0.05, 0.1) is 11.8 Å². The Hall–Kier alpha value is -3.38. The van der Waals surface area contributed by atoms with Crippen molar-refractivity contribution in [2.45, 2.75) is 55.7 Å². The van der Waals surface area contributed by atoms with E-state index in [1.807, 2.05) is 54.3 Å². The maximum absolute atomic E-state index is 13.7.